The van der Waals surface area contributed by atoms with Crippen molar-refractivity contribution in [2.75, 3.05) is 26.1 Å². The van der Waals surface area contributed by atoms with Gasteiger partial charge in [-0.3, -0.25) is 0 Å². The Bertz CT molecular complexity index is 307. The third-order valence-electron chi connectivity index (χ3n) is 2.15. The Kier molecular flexibility index (Phi) is 6.04. The number of benzene rings is 1. The normalized spacial score (nSPS) is 12.2. The second kappa shape index (κ2) is 7.36. The zero-order valence-electron chi connectivity index (χ0n) is 9.70. The smallest absolute Gasteiger partial charge is 0.161 e. The minimum Gasteiger partial charge on any atom is -0.493 e. The Balaban J connectivity index is 2.31. The summed E-state index contributed by atoms with van der Waals surface area (Å²) in [5.41, 5.74) is 0. The predicted octanol–water partition coefficient (Wildman–Crippen LogP) is 2.29. The van der Waals surface area contributed by atoms with Crippen LogP contribution in [-0.2, 0) is 0 Å². The third-order valence-corrected chi connectivity index (χ3v) is 2.62. The lowest BCUT2D eigenvalue weighted by atomic mass is 10.3. The average molecular weight is 244 g/mol. The number of alkyl halides is 1. The maximum absolute atomic E-state index is 5.67. The third kappa shape index (κ3) is 4.29. The van der Waals surface area contributed by atoms with E-state index in [9.17, 15) is 0 Å². The molecule has 0 amide bonds. The molecular weight excluding hydrogens is 226 g/mol. The van der Waals surface area contributed by atoms with Crippen molar-refractivity contribution in [3.63, 3.8) is 0 Å². The first-order valence-electron chi connectivity index (χ1n) is 5.33. The second-order valence-electron chi connectivity index (χ2n) is 3.51. The minimum absolute atomic E-state index is 0.308. The van der Waals surface area contributed by atoms with E-state index in [0.717, 1.165) is 18.0 Å². The highest BCUT2D eigenvalue weighted by atomic mass is 35.5. The quantitative estimate of drug-likeness (QED) is 0.589. The number of hydrogen-bond acceptors (Lipinski definition) is 3. The predicted molar refractivity (Wildman–Crippen MR) is 66.7 cm³/mol. The zero-order chi connectivity index (χ0) is 11.8. The fourth-order valence-electron chi connectivity index (χ4n) is 1.26. The first kappa shape index (κ1) is 13.1. The summed E-state index contributed by atoms with van der Waals surface area (Å²) in [5.74, 6) is 2.13. The highest BCUT2D eigenvalue weighted by Gasteiger charge is 2.02. The second-order valence-corrected chi connectivity index (χ2v) is 3.82. The van der Waals surface area contributed by atoms with Gasteiger partial charge in [0.05, 0.1) is 7.11 Å². The summed E-state index contributed by atoms with van der Waals surface area (Å²) in [6, 6.07) is 7.92. The number of nitrogens with one attached hydrogen (secondary N) is 1. The molecule has 0 aromatic heterocycles. The lowest BCUT2D eigenvalue weighted by molar-refractivity contribution is 0.289. The summed E-state index contributed by atoms with van der Waals surface area (Å²) < 4.78 is 10.8. The van der Waals surface area contributed by atoms with E-state index in [2.05, 4.69) is 5.32 Å². The SMILES string of the molecule is COc1ccccc1OCCNC(C)CCl. The van der Waals surface area contributed by atoms with Gasteiger partial charge in [0, 0.05) is 18.5 Å². The molecule has 1 unspecified atom stereocenters. The van der Waals surface area contributed by atoms with E-state index in [-0.39, 0.29) is 0 Å². The van der Waals surface area contributed by atoms with Gasteiger partial charge in [0.25, 0.3) is 0 Å². The van der Waals surface area contributed by atoms with Crippen molar-refractivity contribution >= 4 is 11.6 Å². The molecule has 0 fully saturated rings. The minimum atomic E-state index is 0.308. The van der Waals surface area contributed by atoms with E-state index in [0.29, 0.717) is 18.5 Å². The van der Waals surface area contributed by atoms with Gasteiger partial charge in [-0.2, -0.15) is 0 Å². The average Bonchev–Trinajstić information content (AvgIpc) is 2.34. The molecule has 0 aliphatic rings. The number of hydrogen-bond donors (Lipinski definition) is 1. The summed E-state index contributed by atoms with van der Waals surface area (Å²) >= 11 is 5.67. The van der Waals surface area contributed by atoms with Crippen molar-refractivity contribution in [2.24, 2.45) is 0 Å². The monoisotopic (exact) mass is 243 g/mol. The summed E-state index contributed by atoms with van der Waals surface area (Å²) in [7, 11) is 1.63. The molecular formula is C12H18ClNO2. The maximum atomic E-state index is 5.67. The van der Waals surface area contributed by atoms with E-state index < -0.39 is 0 Å². The van der Waals surface area contributed by atoms with Crippen LogP contribution in [0, 0.1) is 0 Å². The van der Waals surface area contributed by atoms with E-state index in [1.165, 1.54) is 0 Å². The van der Waals surface area contributed by atoms with Gasteiger partial charge >= 0.3 is 0 Å². The Labute approximate surface area is 102 Å². The van der Waals surface area contributed by atoms with Crippen molar-refractivity contribution < 1.29 is 9.47 Å². The van der Waals surface area contributed by atoms with Gasteiger partial charge in [-0.15, -0.1) is 11.6 Å². The van der Waals surface area contributed by atoms with E-state index >= 15 is 0 Å². The molecule has 0 saturated carbocycles. The van der Waals surface area contributed by atoms with Crippen LogP contribution in [-0.4, -0.2) is 32.2 Å². The molecule has 90 valence electrons. The molecule has 4 heteroatoms. The molecule has 0 saturated heterocycles. The van der Waals surface area contributed by atoms with E-state index in [4.69, 9.17) is 21.1 Å². The molecule has 1 rings (SSSR count). The summed E-state index contributed by atoms with van der Waals surface area (Å²) in [5, 5.41) is 3.24. The highest BCUT2D eigenvalue weighted by molar-refractivity contribution is 6.18. The molecule has 0 aliphatic carbocycles. The Morgan fingerprint density at radius 3 is 2.62 bits per heavy atom. The molecule has 1 aromatic rings. The van der Waals surface area contributed by atoms with E-state index in [1.807, 2.05) is 31.2 Å². The van der Waals surface area contributed by atoms with Crippen LogP contribution in [0.15, 0.2) is 24.3 Å². The number of ether oxygens (including phenoxy) is 2. The van der Waals surface area contributed by atoms with Crippen molar-refractivity contribution in [3.05, 3.63) is 24.3 Å². The number of para-hydroxylation sites is 2. The topological polar surface area (TPSA) is 30.5 Å². The molecule has 0 bridgehead atoms. The molecule has 1 atom stereocenters. The molecule has 1 N–H and O–H groups in total. The molecule has 0 aliphatic heterocycles. The fourth-order valence-corrected chi connectivity index (χ4v) is 1.37. The van der Waals surface area contributed by atoms with Gasteiger partial charge in [0.1, 0.15) is 6.61 Å². The lowest BCUT2D eigenvalue weighted by Crippen LogP contribution is -2.31. The van der Waals surface area contributed by atoms with Crippen molar-refractivity contribution in [1.82, 2.24) is 5.32 Å². The summed E-state index contributed by atoms with van der Waals surface area (Å²) in [4.78, 5) is 0. The van der Waals surface area contributed by atoms with Crippen LogP contribution < -0.4 is 14.8 Å². The van der Waals surface area contributed by atoms with Gasteiger partial charge < -0.3 is 14.8 Å². The highest BCUT2D eigenvalue weighted by Crippen LogP contribution is 2.25. The molecule has 3 nitrogen and oxygen atoms in total. The van der Waals surface area contributed by atoms with Gasteiger partial charge in [0.2, 0.25) is 0 Å². The molecule has 0 heterocycles. The molecule has 0 spiro atoms. The van der Waals surface area contributed by atoms with E-state index in [1.54, 1.807) is 7.11 Å². The van der Waals surface area contributed by atoms with Crippen LogP contribution in [0.2, 0.25) is 0 Å². The summed E-state index contributed by atoms with van der Waals surface area (Å²) in [6.45, 7) is 3.41. The van der Waals surface area contributed by atoms with Gasteiger partial charge in [-0.1, -0.05) is 12.1 Å². The molecule has 16 heavy (non-hydrogen) atoms. The standard InChI is InChI=1S/C12H18ClNO2/c1-10(9-13)14-7-8-16-12-6-4-3-5-11(12)15-2/h3-6,10,14H,7-9H2,1-2H3. The van der Waals surface area contributed by atoms with Gasteiger partial charge in [-0.25, -0.2) is 0 Å². The maximum Gasteiger partial charge on any atom is 0.161 e. The van der Waals surface area contributed by atoms with Crippen LogP contribution in [0.1, 0.15) is 6.92 Å². The molecule has 1 aromatic carbocycles. The zero-order valence-corrected chi connectivity index (χ0v) is 10.5. The van der Waals surface area contributed by atoms with Crippen LogP contribution in [0.3, 0.4) is 0 Å². The van der Waals surface area contributed by atoms with Crippen molar-refractivity contribution in [2.45, 2.75) is 13.0 Å². The Hall–Kier alpha value is -0.930. The van der Waals surface area contributed by atoms with Gasteiger partial charge in [-0.05, 0) is 19.1 Å². The Morgan fingerprint density at radius 2 is 2.00 bits per heavy atom. The number of rotatable bonds is 7. The van der Waals surface area contributed by atoms with Crippen molar-refractivity contribution in [1.29, 1.82) is 0 Å². The van der Waals surface area contributed by atoms with Crippen LogP contribution in [0.5, 0.6) is 11.5 Å². The lowest BCUT2D eigenvalue weighted by Gasteiger charge is -2.12. The first-order chi connectivity index (χ1) is 7.77. The number of halogens is 1. The largest absolute Gasteiger partial charge is 0.493 e. The first-order valence-corrected chi connectivity index (χ1v) is 5.86. The Morgan fingerprint density at radius 1 is 1.31 bits per heavy atom. The summed E-state index contributed by atoms with van der Waals surface area (Å²) in [6.07, 6.45) is 0. The van der Waals surface area contributed by atoms with Crippen LogP contribution in [0.4, 0.5) is 0 Å². The van der Waals surface area contributed by atoms with Crippen LogP contribution in [0.25, 0.3) is 0 Å². The molecule has 0 radical (unpaired) electrons. The van der Waals surface area contributed by atoms with Crippen LogP contribution >= 0.6 is 11.6 Å². The van der Waals surface area contributed by atoms with Gasteiger partial charge in [0.15, 0.2) is 11.5 Å². The van der Waals surface area contributed by atoms with Crippen molar-refractivity contribution in [3.8, 4) is 11.5 Å². The number of methoxy groups -OCH3 is 1. The fraction of sp³-hybridized carbons (Fsp3) is 0.500.